The first kappa shape index (κ1) is 16.8. The Kier molecular flexibility index (Phi) is 5.39. The monoisotopic (exact) mass is 286 g/mol. The molecule has 2 amide bonds. The molecule has 1 rings (SSSR count). The molecule has 6 heteroatoms. The summed E-state index contributed by atoms with van der Waals surface area (Å²) in [7, 11) is 0. The summed E-state index contributed by atoms with van der Waals surface area (Å²) in [5, 5.41) is 14.7. The quantitative estimate of drug-likeness (QED) is 0.734. The molecule has 20 heavy (non-hydrogen) atoms. The summed E-state index contributed by atoms with van der Waals surface area (Å²) < 4.78 is 5.29. The summed E-state index contributed by atoms with van der Waals surface area (Å²) in [6, 6.07) is -0.723. The van der Waals surface area contributed by atoms with Crippen LogP contribution in [0.15, 0.2) is 0 Å². The molecule has 1 heterocycles. The van der Waals surface area contributed by atoms with Crippen LogP contribution in [0.2, 0.25) is 0 Å². The maximum Gasteiger partial charge on any atom is 0.315 e. The van der Waals surface area contributed by atoms with E-state index in [0.717, 1.165) is 12.8 Å². The molecule has 1 fully saturated rings. The van der Waals surface area contributed by atoms with Crippen LogP contribution in [0.3, 0.4) is 0 Å². The van der Waals surface area contributed by atoms with Crippen molar-refractivity contribution in [3.63, 3.8) is 0 Å². The second-order valence-electron chi connectivity index (χ2n) is 6.79. The zero-order valence-electron chi connectivity index (χ0n) is 12.8. The molecular weight excluding hydrogens is 260 g/mol. The standard InChI is InChI=1S/C14H26N2O4/c1-13(2,3)10(9-11(17)18)15-12(19)16-14(4)5-7-20-8-6-14/h10H,5-9H2,1-4H3,(H,17,18)(H2,15,16,19). The highest BCUT2D eigenvalue weighted by molar-refractivity contribution is 5.76. The molecule has 0 spiro atoms. The highest BCUT2D eigenvalue weighted by atomic mass is 16.5. The number of hydrogen-bond acceptors (Lipinski definition) is 3. The van der Waals surface area contributed by atoms with Crippen LogP contribution in [-0.2, 0) is 9.53 Å². The molecule has 0 radical (unpaired) electrons. The molecule has 1 unspecified atom stereocenters. The smallest absolute Gasteiger partial charge is 0.315 e. The lowest BCUT2D eigenvalue weighted by Crippen LogP contribution is -2.56. The van der Waals surface area contributed by atoms with Crippen molar-refractivity contribution in [1.82, 2.24) is 10.6 Å². The Labute approximate surface area is 120 Å². The topological polar surface area (TPSA) is 87.7 Å². The van der Waals surface area contributed by atoms with Crippen LogP contribution in [-0.4, -0.2) is 41.9 Å². The Morgan fingerprint density at radius 2 is 1.85 bits per heavy atom. The summed E-state index contributed by atoms with van der Waals surface area (Å²) in [4.78, 5) is 23.0. The molecule has 3 N–H and O–H groups in total. The van der Waals surface area contributed by atoms with Gasteiger partial charge in [0, 0.05) is 24.8 Å². The molecule has 1 saturated heterocycles. The van der Waals surface area contributed by atoms with Gasteiger partial charge in [0.05, 0.1) is 6.42 Å². The van der Waals surface area contributed by atoms with E-state index in [1.807, 2.05) is 27.7 Å². The zero-order chi connectivity index (χ0) is 15.4. The molecule has 116 valence electrons. The minimum absolute atomic E-state index is 0.0866. The van der Waals surface area contributed by atoms with Crippen molar-refractivity contribution in [2.45, 2.75) is 58.5 Å². The molecule has 1 aliphatic rings. The van der Waals surface area contributed by atoms with Crippen molar-refractivity contribution < 1.29 is 19.4 Å². The van der Waals surface area contributed by atoms with Gasteiger partial charge in [0.1, 0.15) is 0 Å². The number of aliphatic carboxylic acids is 1. The number of urea groups is 1. The average molecular weight is 286 g/mol. The minimum Gasteiger partial charge on any atom is -0.481 e. The average Bonchev–Trinajstić information content (AvgIpc) is 2.26. The Balaban J connectivity index is 2.59. The largest absolute Gasteiger partial charge is 0.481 e. The van der Waals surface area contributed by atoms with Crippen molar-refractivity contribution in [3.05, 3.63) is 0 Å². The number of carboxylic acid groups (broad SMARTS) is 1. The second-order valence-corrected chi connectivity index (χ2v) is 6.79. The van der Waals surface area contributed by atoms with Crippen LogP contribution in [0.25, 0.3) is 0 Å². The highest BCUT2D eigenvalue weighted by Crippen LogP contribution is 2.23. The van der Waals surface area contributed by atoms with Crippen LogP contribution in [0.5, 0.6) is 0 Å². The highest BCUT2D eigenvalue weighted by Gasteiger charge is 2.32. The van der Waals surface area contributed by atoms with Gasteiger partial charge < -0.3 is 20.5 Å². The van der Waals surface area contributed by atoms with E-state index in [9.17, 15) is 9.59 Å². The van der Waals surface area contributed by atoms with Gasteiger partial charge in [-0.1, -0.05) is 20.8 Å². The van der Waals surface area contributed by atoms with E-state index in [2.05, 4.69) is 10.6 Å². The maximum atomic E-state index is 12.1. The van der Waals surface area contributed by atoms with Crippen molar-refractivity contribution in [2.24, 2.45) is 5.41 Å². The molecule has 6 nitrogen and oxygen atoms in total. The summed E-state index contributed by atoms with van der Waals surface area (Å²) in [5.41, 5.74) is -0.597. The van der Waals surface area contributed by atoms with E-state index in [-0.39, 0.29) is 23.4 Å². The number of rotatable bonds is 4. The van der Waals surface area contributed by atoms with Crippen LogP contribution in [0, 0.1) is 5.41 Å². The first-order valence-electron chi connectivity index (χ1n) is 7.01. The third-order valence-corrected chi connectivity index (χ3v) is 3.74. The van der Waals surface area contributed by atoms with Gasteiger partial charge in [-0.2, -0.15) is 0 Å². The van der Waals surface area contributed by atoms with Gasteiger partial charge in [-0.05, 0) is 25.2 Å². The molecule has 0 aromatic heterocycles. The number of carbonyl (C=O) groups excluding carboxylic acids is 1. The van der Waals surface area contributed by atoms with Crippen LogP contribution < -0.4 is 10.6 Å². The molecule has 0 bridgehead atoms. The first-order valence-corrected chi connectivity index (χ1v) is 7.01. The van der Waals surface area contributed by atoms with Crippen molar-refractivity contribution >= 4 is 12.0 Å². The lowest BCUT2D eigenvalue weighted by atomic mass is 9.85. The Morgan fingerprint density at radius 3 is 2.30 bits per heavy atom. The van der Waals surface area contributed by atoms with Gasteiger partial charge in [-0.25, -0.2) is 4.79 Å². The number of nitrogens with one attached hydrogen (secondary N) is 2. The van der Waals surface area contributed by atoms with E-state index in [1.165, 1.54) is 0 Å². The van der Waals surface area contributed by atoms with Gasteiger partial charge in [0.15, 0.2) is 0 Å². The molecule has 0 aromatic rings. The lowest BCUT2D eigenvalue weighted by Gasteiger charge is -2.36. The molecule has 0 aromatic carbocycles. The molecule has 1 aliphatic heterocycles. The third kappa shape index (κ3) is 5.36. The maximum absolute atomic E-state index is 12.1. The second kappa shape index (κ2) is 6.43. The normalized spacial score (nSPS) is 20.0. The fourth-order valence-electron chi connectivity index (χ4n) is 2.16. The number of carboxylic acids is 1. The first-order chi connectivity index (χ1) is 9.12. The minimum atomic E-state index is -0.914. The Morgan fingerprint density at radius 1 is 1.30 bits per heavy atom. The molecule has 0 aliphatic carbocycles. The van der Waals surface area contributed by atoms with Crippen LogP contribution >= 0.6 is 0 Å². The van der Waals surface area contributed by atoms with E-state index in [0.29, 0.717) is 13.2 Å². The van der Waals surface area contributed by atoms with Crippen LogP contribution in [0.4, 0.5) is 4.79 Å². The van der Waals surface area contributed by atoms with Gasteiger partial charge in [-0.3, -0.25) is 4.79 Å². The van der Waals surface area contributed by atoms with Crippen molar-refractivity contribution in [3.8, 4) is 0 Å². The predicted molar refractivity (Wildman–Crippen MR) is 75.6 cm³/mol. The summed E-state index contributed by atoms with van der Waals surface area (Å²) in [6.45, 7) is 8.99. The molecule has 0 saturated carbocycles. The molecular formula is C14H26N2O4. The summed E-state index contributed by atoms with van der Waals surface area (Å²) in [5.74, 6) is -0.914. The Hall–Kier alpha value is -1.30. The van der Waals surface area contributed by atoms with Gasteiger partial charge >= 0.3 is 12.0 Å². The zero-order valence-corrected chi connectivity index (χ0v) is 12.8. The fourth-order valence-corrected chi connectivity index (χ4v) is 2.16. The van der Waals surface area contributed by atoms with Gasteiger partial charge in [0.2, 0.25) is 0 Å². The lowest BCUT2D eigenvalue weighted by molar-refractivity contribution is -0.138. The van der Waals surface area contributed by atoms with E-state index < -0.39 is 12.0 Å². The van der Waals surface area contributed by atoms with Crippen LogP contribution in [0.1, 0.15) is 47.0 Å². The third-order valence-electron chi connectivity index (χ3n) is 3.74. The Bertz CT molecular complexity index is 357. The summed E-state index contributed by atoms with van der Waals surface area (Å²) in [6.07, 6.45) is 1.44. The van der Waals surface area contributed by atoms with E-state index in [4.69, 9.17) is 9.84 Å². The number of hydrogen-bond donors (Lipinski definition) is 3. The summed E-state index contributed by atoms with van der Waals surface area (Å²) >= 11 is 0. The number of carbonyl (C=O) groups is 2. The SMILES string of the molecule is CC1(NC(=O)NC(CC(=O)O)C(C)(C)C)CCOCC1. The fraction of sp³-hybridized carbons (Fsp3) is 0.857. The van der Waals surface area contributed by atoms with Gasteiger partial charge in [-0.15, -0.1) is 0 Å². The number of ether oxygens (including phenoxy) is 1. The van der Waals surface area contributed by atoms with Crippen molar-refractivity contribution in [2.75, 3.05) is 13.2 Å². The van der Waals surface area contributed by atoms with E-state index in [1.54, 1.807) is 0 Å². The number of amides is 2. The van der Waals surface area contributed by atoms with E-state index >= 15 is 0 Å². The molecule has 1 atom stereocenters. The van der Waals surface area contributed by atoms with Crippen molar-refractivity contribution in [1.29, 1.82) is 0 Å². The predicted octanol–water partition coefficient (Wildman–Crippen LogP) is 1.74. The van der Waals surface area contributed by atoms with Gasteiger partial charge in [0.25, 0.3) is 0 Å².